The van der Waals surface area contributed by atoms with E-state index in [0.29, 0.717) is 0 Å². The van der Waals surface area contributed by atoms with Crippen LogP contribution in [0.4, 0.5) is 0 Å². The van der Waals surface area contributed by atoms with Gasteiger partial charge in [-0.05, 0) is 36.3 Å². The van der Waals surface area contributed by atoms with Gasteiger partial charge in [0.25, 0.3) is 0 Å². The van der Waals surface area contributed by atoms with Crippen LogP contribution in [0.25, 0.3) is 17.0 Å². The number of nitrogens with zero attached hydrogens (tertiary/aromatic N) is 1. The van der Waals surface area contributed by atoms with E-state index in [9.17, 15) is 0 Å². The quantitative estimate of drug-likeness (QED) is 0.646. The van der Waals surface area contributed by atoms with Gasteiger partial charge in [-0.3, -0.25) is 0 Å². The third-order valence-corrected chi connectivity index (χ3v) is 3.40. The average Bonchev–Trinajstić information content (AvgIpc) is 2.48. The van der Waals surface area contributed by atoms with Crippen LogP contribution in [0.3, 0.4) is 0 Å². The highest BCUT2D eigenvalue weighted by molar-refractivity contribution is 6.31. The van der Waals surface area contributed by atoms with E-state index in [1.807, 2.05) is 36.4 Å². The zero-order chi connectivity index (χ0) is 13.8. The molecule has 0 N–H and O–H groups in total. The maximum absolute atomic E-state index is 6.00. The van der Waals surface area contributed by atoms with Crippen molar-refractivity contribution in [2.45, 2.75) is 6.42 Å². The van der Waals surface area contributed by atoms with Crippen LogP contribution < -0.4 is 0 Å². The molecule has 0 atom stereocenters. The number of pyridine rings is 1. The summed E-state index contributed by atoms with van der Waals surface area (Å²) in [6, 6.07) is 20.2. The zero-order valence-electron chi connectivity index (χ0n) is 11.0. The van der Waals surface area contributed by atoms with Gasteiger partial charge in [0.05, 0.1) is 11.2 Å². The topological polar surface area (TPSA) is 12.9 Å². The van der Waals surface area contributed by atoms with Gasteiger partial charge in [0.15, 0.2) is 0 Å². The fourth-order valence-corrected chi connectivity index (χ4v) is 2.30. The zero-order valence-corrected chi connectivity index (χ0v) is 11.7. The summed E-state index contributed by atoms with van der Waals surface area (Å²) in [6.45, 7) is 0. The SMILES string of the molecule is Clc1ccc2ccc(/C=C/Cc3ccccc3)nc2c1. The fraction of sp³-hybridized carbons (Fsp3) is 0.0556. The van der Waals surface area contributed by atoms with Gasteiger partial charge in [0.1, 0.15) is 0 Å². The minimum Gasteiger partial charge on any atom is -0.248 e. The first kappa shape index (κ1) is 12.9. The second-order valence-electron chi connectivity index (χ2n) is 4.67. The van der Waals surface area contributed by atoms with Crippen molar-refractivity contribution in [3.05, 3.63) is 83.0 Å². The Bertz CT molecular complexity index is 748. The molecule has 3 rings (SSSR count). The molecule has 1 nitrogen and oxygen atoms in total. The highest BCUT2D eigenvalue weighted by atomic mass is 35.5. The van der Waals surface area contributed by atoms with Crippen molar-refractivity contribution in [2.24, 2.45) is 0 Å². The lowest BCUT2D eigenvalue weighted by atomic mass is 10.1. The maximum atomic E-state index is 6.00. The number of rotatable bonds is 3. The molecule has 0 saturated heterocycles. The summed E-state index contributed by atoms with van der Waals surface area (Å²) in [5.74, 6) is 0. The lowest BCUT2D eigenvalue weighted by Crippen LogP contribution is -1.84. The molecule has 0 aliphatic rings. The Balaban J connectivity index is 1.80. The van der Waals surface area contributed by atoms with Crippen LogP contribution in [-0.4, -0.2) is 4.98 Å². The first-order valence-corrected chi connectivity index (χ1v) is 6.96. The summed E-state index contributed by atoms with van der Waals surface area (Å²) in [5, 5.41) is 1.82. The molecule has 2 heteroatoms. The first-order chi connectivity index (χ1) is 9.81. The average molecular weight is 280 g/mol. The Morgan fingerprint density at radius 3 is 2.60 bits per heavy atom. The molecular weight excluding hydrogens is 266 g/mol. The normalized spacial score (nSPS) is 11.2. The van der Waals surface area contributed by atoms with Crippen LogP contribution >= 0.6 is 11.6 Å². The first-order valence-electron chi connectivity index (χ1n) is 6.58. The van der Waals surface area contributed by atoms with Crippen LogP contribution in [0, 0.1) is 0 Å². The number of halogens is 1. The predicted octanol–water partition coefficient (Wildman–Crippen LogP) is 5.14. The van der Waals surface area contributed by atoms with Gasteiger partial charge in [-0.1, -0.05) is 60.1 Å². The molecule has 1 heterocycles. The minimum absolute atomic E-state index is 0.718. The van der Waals surface area contributed by atoms with Gasteiger partial charge in [0, 0.05) is 10.4 Å². The van der Waals surface area contributed by atoms with Crippen LogP contribution in [0.1, 0.15) is 11.3 Å². The van der Waals surface area contributed by atoms with Crippen LogP contribution in [-0.2, 0) is 6.42 Å². The number of allylic oxidation sites excluding steroid dienone is 1. The van der Waals surface area contributed by atoms with E-state index >= 15 is 0 Å². The molecule has 0 amide bonds. The van der Waals surface area contributed by atoms with Crippen LogP contribution in [0.5, 0.6) is 0 Å². The molecule has 0 aliphatic heterocycles. The van der Waals surface area contributed by atoms with Crippen molar-refractivity contribution < 1.29 is 0 Å². The van der Waals surface area contributed by atoms with Gasteiger partial charge >= 0.3 is 0 Å². The lowest BCUT2D eigenvalue weighted by molar-refractivity contribution is 1.27. The number of hydrogen-bond acceptors (Lipinski definition) is 1. The summed E-state index contributed by atoms with van der Waals surface area (Å²) >= 11 is 6.00. The van der Waals surface area contributed by atoms with Gasteiger partial charge in [-0.2, -0.15) is 0 Å². The molecule has 3 aromatic rings. The number of hydrogen-bond donors (Lipinski definition) is 0. The van der Waals surface area contributed by atoms with Gasteiger partial charge in [-0.25, -0.2) is 4.98 Å². The summed E-state index contributed by atoms with van der Waals surface area (Å²) < 4.78 is 0. The molecule has 0 fully saturated rings. The molecule has 0 saturated carbocycles. The van der Waals surface area contributed by atoms with Crippen molar-refractivity contribution in [3.8, 4) is 0 Å². The molecule has 0 bridgehead atoms. The summed E-state index contributed by atoms with van der Waals surface area (Å²) in [7, 11) is 0. The summed E-state index contributed by atoms with van der Waals surface area (Å²) in [6.07, 6.45) is 5.09. The molecule has 1 aromatic heterocycles. The van der Waals surface area contributed by atoms with Crippen molar-refractivity contribution >= 4 is 28.6 Å². The van der Waals surface area contributed by atoms with Crippen molar-refractivity contribution in [2.75, 3.05) is 0 Å². The number of aromatic nitrogens is 1. The van der Waals surface area contributed by atoms with E-state index in [-0.39, 0.29) is 0 Å². The number of benzene rings is 2. The monoisotopic (exact) mass is 279 g/mol. The third kappa shape index (κ3) is 3.06. The molecule has 0 aliphatic carbocycles. The van der Waals surface area contributed by atoms with E-state index in [4.69, 9.17) is 11.6 Å². The van der Waals surface area contributed by atoms with Crippen LogP contribution in [0.15, 0.2) is 66.7 Å². The largest absolute Gasteiger partial charge is 0.248 e. The van der Waals surface area contributed by atoms with E-state index in [0.717, 1.165) is 28.0 Å². The van der Waals surface area contributed by atoms with E-state index in [1.54, 1.807) is 0 Å². The van der Waals surface area contributed by atoms with Gasteiger partial charge in [0.2, 0.25) is 0 Å². The van der Waals surface area contributed by atoms with E-state index in [1.165, 1.54) is 5.56 Å². The van der Waals surface area contributed by atoms with Crippen molar-refractivity contribution in [3.63, 3.8) is 0 Å². The Hall–Kier alpha value is -2.12. The van der Waals surface area contributed by atoms with Crippen molar-refractivity contribution in [1.29, 1.82) is 0 Å². The Morgan fingerprint density at radius 2 is 1.75 bits per heavy atom. The van der Waals surface area contributed by atoms with Crippen LogP contribution in [0.2, 0.25) is 5.02 Å². The molecule has 20 heavy (non-hydrogen) atoms. The van der Waals surface area contributed by atoms with E-state index < -0.39 is 0 Å². The second-order valence-corrected chi connectivity index (χ2v) is 5.10. The molecule has 0 radical (unpaired) electrons. The standard InChI is InChI=1S/C18H14ClN/c19-16-11-9-15-10-12-17(20-18(15)13-16)8-4-7-14-5-2-1-3-6-14/h1-6,8-13H,7H2/b8-4+. The maximum Gasteiger partial charge on any atom is 0.0724 e. The van der Waals surface area contributed by atoms with E-state index in [2.05, 4.69) is 41.4 Å². The molecule has 0 spiro atoms. The molecular formula is C18H14ClN. The Labute approximate surface area is 123 Å². The smallest absolute Gasteiger partial charge is 0.0724 e. The summed E-state index contributed by atoms with van der Waals surface area (Å²) in [4.78, 5) is 4.60. The Kier molecular flexibility index (Phi) is 3.80. The molecule has 98 valence electrons. The highest BCUT2D eigenvalue weighted by Gasteiger charge is 1.97. The second kappa shape index (κ2) is 5.89. The molecule has 0 unspecified atom stereocenters. The summed E-state index contributed by atoms with van der Waals surface area (Å²) in [5.41, 5.74) is 3.18. The third-order valence-electron chi connectivity index (χ3n) is 3.16. The fourth-order valence-electron chi connectivity index (χ4n) is 2.13. The Morgan fingerprint density at radius 1 is 0.950 bits per heavy atom. The lowest BCUT2D eigenvalue weighted by Gasteiger charge is -2.00. The molecule has 2 aromatic carbocycles. The van der Waals surface area contributed by atoms with Gasteiger partial charge < -0.3 is 0 Å². The van der Waals surface area contributed by atoms with Crippen molar-refractivity contribution in [1.82, 2.24) is 4.98 Å². The minimum atomic E-state index is 0.718. The highest BCUT2D eigenvalue weighted by Crippen LogP contribution is 2.18. The van der Waals surface area contributed by atoms with Gasteiger partial charge in [-0.15, -0.1) is 0 Å². The predicted molar refractivity (Wildman–Crippen MR) is 85.9 cm³/mol. The number of fused-ring (bicyclic) bond motifs is 1.